The SMILES string of the molecule is OCc1ccc(/C=C/c2ccc(NCc3ccc(F)cn3)cc2)nc1. The molecule has 2 aromatic heterocycles. The molecule has 2 heterocycles. The predicted molar refractivity (Wildman–Crippen MR) is 97.1 cm³/mol. The molecule has 0 saturated heterocycles. The first-order valence-corrected chi connectivity index (χ1v) is 7.91. The highest BCUT2D eigenvalue weighted by Crippen LogP contribution is 2.13. The summed E-state index contributed by atoms with van der Waals surface area (Å²) in [6.07, 6.45) is 6.78. The molecule has 4 nitrogen and oxygen atoms in total. The highest BCUT2D eigenvalue weighted by molar-refractivity contribution is 5.69. The second-order valence-corrected chi connectivity index (χ2v) is 5.53. The van der Waals surface area contributed by atoms with Gasteiger partial charge in [0.1, 0.15) is 5.82 Å². The van der Waals surface area contributed by atoms with E-state index in [-0.39, 0.29) is 12.4 Å². The van der Waals surface area contributed by atoms with Crippen molar-refractivity contribution >= 4 is 17.8 Å². The fourth-order valence-corrected chi connectivity index (χ4v) is 2.23. The summed E-state index contributed by atoms with van der Waals surface area (Å²) in [4.78, 5) is 8.27. The first-order valence-electron chi connectivity index (χ1n) is 7.91. The van der Waals surface area contributed by atoms with Crippen molar-refractivity contribution in [2.75, 3.05) is 5.32 Å². The Hall–Kier alpha value is -3.05. The number of nitrogens with one attached hydrogen (secondary N) is 1. The van der Waals surface area contributed by atoms with Crippen molar-refractivity contribution in [3.63, 3.8) is 0 Å². The van der Waals surface area contributed by atoms with Crippen molar-refractivity contribution in [3.8, 4) is 0 Å². The summed E-state index contributed by atoms with van der Waals surface area (Å²) in [6, 6.07) is 14.7. The standard InChI is InChI=1S/C20H18FN3O/c21-17-5-10-20(23-12-17)13-24-19-7-2-15(3-8-19)1-6-18-9-4-16(14-25)11-22-18/h1-12,24-25H,13-14H2/b6-1+. The third kappa shape index (κ3) is 4.96. The number of anilines is 1. The molecule has 0 aliphatic carbocycles. The molecule has 0 aliphatic heterocycles. The number of hydrogen-bond donors (Lipinski definition) is 2. The summed E-state index contributed by atoms with van der Waals surface area (Å²) in [6.45, 7) is 0.537. The van der Waals surface area contributed by atoms with Gasteiger partial charge in [-0.2, -0.15) is 0 Å². The van der Waals surface area contributed by atoms with Crippen LogP contribution in [0, 0.1) is 5.82 Å². The lowest BCUT2D eigenvalue weighted by Gasteiger charge is -2.06. The lowest BCUT2D eigenvalue weighted by atomic mass is 10.1. The molecule has 0 saturated carbocycles. The summed E-state index contributed by atoms with van der Waals surface area (Å²) in [5.41, 5.74) is 4.43. The number of pyridine rings is 2. The van der Waals surface area contributed by atoms with Gasteiger partial charge in [0.2, 0.25) is 0 Å². The molecule has 0 fully saturated rings. The minimum Gasteiger partial charge on any atom is -0.392 e. The maximum Gasteiger partial charge on any atom is 0.141 e. The van der Waals surface area contributed by atoms with Crippen LogP contribution in [0.5, 0.6) is 0 Å². The highest BCUT2D eigenvalue weighted by atomic mass is 19.1. The predicted octanol–water partition coefficient (Wildman–Crippen LogP) is 3.89. The van der Waals surface area contributed by atoms with E-state index >= 15 is 0 Å². The lowest BCUT2D eigenvalue weighted by Crippen LogP contribution is -2.01. The van der Waals surface area contributed by atoms with Crippen molar-refractivity contribution < 1.29 is 9.50 Å². The van der Waals surface area contributed by atoms with Gasteiger partial charge in [0.15, 0.2) is 0 Å². The average Bonchev–Trinajstić information content (AvgIpc) is 2.67. The molecule has 0 atom stereocenters. The van der Waals surface area contributed by atoms with Crippen molar-refractivity contribution in [2.45, 2.75) is 13.2 Å². The first kappa shape index (κ1) is 16.8. The first-order chi connectivity index (χ1) is 12.2. The van der Waals surface area contributed by atoms with Crippen molar-refractivity contribution in [3.05, 3.63) is 89.3 Å². The number of aromatic nitrogens is 2. The Morgan fingerprint density at radius 3 is 2.40 bits per heavy atom. The topological polar surface area (TPSA) is 58.0 Å². The zero-order valence-corrected chi connectivity index (χ0v) is 13.6. The van der Waals surface area contributed by atoms with Gasteiger partial charge in [0.05, 0.1) is 30.7 Å². The summed E-state index contributed by atoms with van der Waals surface area (Å²) < 4.78 is 12.8. The highest BCUT2D eigenvalue weighted by Gasteiger charge is 1.97. The van der Waals surface area contributed by atoms with Crippen LogP contribution in [-0.4, -0.2) is 15.1 Å². The van der Waals surface area contributed by atoms with Crippen LogP contribution in [0.2, 0.25) is 0 Å². The molecular formula is C20H18FN3O. The van der Waals surface area contributed by atoms with E-state index in [1.165, 1.54) is 12.3 Å². The van der Waals surface area contributed by atoms with Crippen LogP contribution in [-0.2, 0) is 13.2 Å². The molecule has 3 aromatic rings. The second kappa shape index (κ2) is 8.17. The van der Waals surface area contributed by atoms with Crippen molar-refractivity contribution in [1.82, 2.24) is 9.97 Å². The molecule has 0 bridgehead atoms. The molecule has 0 spiro atoms. The van der Waals surface area contributed by atoms with Crippen LogP contribution in [0.15, 0.2) is 60.9 Å². The minimum atomic E-state index is -0.333. The van der Waals surface area contributed by atoms with Gasteiger partial charge < -0.3 is 10.4 Å². The zero-order valence-electron chi connectivity index (χ0n) is 13.6. The van der Waals surface area contributed by atoms with E-state index in [0.717, 1.165) is 28.2 Å². The summed E-state index contributed by atoms with van der Waals surface area (Å²) >= 11 is 0. The number of benzene rings is 1. The van der Waals surface area contributed by atoms with Crippen LogP contribution < -0.4 is 5.32 Å². The molecule has 25 heavy (non-hydrogen) atoms. The van der Waals surface area contributed by atoms with Gasteiger partial charge in [-0.15, -0.1) is 0 Å². The number of hydrogen-bond acceptors (Lipinski definition) is 4. The molecule has 0 amide bonds. The number of aliphatic hydroxyl groups is 1. The Kier molecular flexibility index (Phi) is 5.49. The zero-order chi connectivity index (χ0) is 17.5. The minimum absolute atomic E-state index is 0.00109. The van der Waals surface area contributed by atoms with Gasteiger partial charge in [0.25, 0.3) is 0 Å². The van der Waals surface area contributed by atoms with Crippen LogP contribution in [0.4, 0.5) is 10.1 Å². The molecular weight excluding hydrogens is 317 g/mol. The third-order valence-electron chi connectivity index (χ3n) is 3.65. The van der Waals surface area contributed by atoms with E-state index in [9.17, 15) is 4.39 Å². The van der Waals surface area contributed by atoms with Gasteiger partial charge in [-0.25, -0.2) is 4.39 Å². The van der Waals surface area contributed by atoms with Crippen molar-refractivity contribution in [1.29, 1.82) is 0 Å². The number of rotatable bonds is 6. The number of halogens is 1. The Bertz CT molecular complexity index is 828. The van der Waals surface area contributed by atoms with E-state index in [4.69, 9.17) is 5.11 Å². The lowest BCUT2D eigenvalue weighted by molar-refractivity contribution is 0.281. The molecule has 126 valence electrons. The van der Waals surface area contributed by atoms with E-state index in [2.05, 4.69) is 15.3 Å². The van der Waals surface area contributed by atoms with E-state index in [1.54, 1.807) is 12.3 Å². The quantitative estimate of drug-likeness (QED) is 0.717. The van der Waals surface area contributed by atoms with Crippen LogP contribution in [0.1, 0.15) is 22.5 Å². The van der Waals surface area contributed by atoms with Crippen LogP contribution >= 0.6 is 0 Å². The molecule has 3 rings (SSSR count). The Morgan fingerprint density at radius 1 is 0.920 bits per heavy atom. The number of aliphatic hydroxyl groups excluding tert-OH is 1. The summed E-state index contributed by atoms with van der Waals surface area (Å²) in [5.74, 6) is -0.333. The largest absolute Gasteiger partial charge is 0.392 e. The fraction of sp³-hybridized carbons (Fsp3) is 0.100. The molecule has 1 aromatic carbocycles. The maximum absolute atomic E-state index is 12.8. The Morgan fingerprint density at radius 2 is 1.76 bits per heavy atom. The van der Waals surface area contributed by atoms with Gasteiger partial charge >= 0.3 is 0 Å². The Balaban J connectivity index is 1.57. The van der Waals surface area contributed by atoms with E-state index in [1.807, 2.05) is 48.6 Å². The summed E-state index contributed by atoms with van der Waals surface area (Å²) in [7, 11) is 0. The maximum atomic E-state index is 12.8. The third-order valence-corrected chi connectivity index (χ3v) is 3.65. The fourth-order valence-electron chi connectivity index (χ4n) is 2.23. The molecule has 2 N–H and O–H groups in total. The molecule has 0 aliphatic rings. The van der Waals surface area contributed by atoms with Crippen LogP contribution in [0.3, 0.4) is 0 Å². The normalized spacial score (nSPS) is 11.0. The molecule has 0 unspecified atom stereocenters. The number of nitrogens with zero attached hydrogens (tertiary/aromatic N) is 2. The van der Waals surface area contributed by atoms with Gasteiger partial charge in [0, 0.05) is 11.9 Å². The summed E-state index contributed by atoms with van der Waals surface area (Å²) in [5, 5.41) is 12.3. The van der Waals surface area contributed by atoms with Gasteiger partial charge in [-0.3, -0.25) is 9.97 Å². The van der Waals surface area contributed by atoms with E-state index in [0.29, 0.717) is 6.54 Å². The van der Waals surface area contributed by atoms with Gasteiger partial charge in [-0.05, 0) is 47.5 Å². The average molecular weight is 335 g/mol. The Labute approximate surface area is 145 Å². The monoisotopic (exact) mass is 335 g/mol. The second-order valence-electron chi connectivity index (χ2n) is 5.53. The smallest absolute Gasteiger partial charge is 0.141 e. The molecule has 0 radical (unpaired) electrons. The van der Waals surface area contributed by atoms with Crippen LogP contribution in [0.25, 0.3) is 12.2 Å². The van der Waals surface area contributed by atoms with Gasteiger partial charge in [-0.1, -0.05) is 24.3 Å². The van der Waals surface area contributed by atoms with E-state index < -0.39 is 0 Å². The molecule has 5 heteroatoms. The van der Waals surface area contributed by atoms with Crippen molar-refractivity contribution in [2.24, 2.45) is 0 Å².